The number of hydrogen-bond donors (Lipinski definition) is 0. The van der Waals surface area contributed by atoms with Gasteiger partial charge in [-0.3, -0.25) is 4.79 Å². The fourth-order valence-corrected chi connectivity index (χ4v) is 4.55. The second-order valence-electron chi connectivity index (χ2n) is 6.44. The summed E-state index contributed by atoms with van der Waals surface area (Å²) in [5, 5.41) is 0. The minimum atomic E-state index is -3.99. The molecule has 0 aromatic heterocycles. The molecule has 11 heteroatoms. The maximum atomic E-state index is 13.1. The second-order valence-corrected chi connectivity index (χ2v) is 8.33. The fraction of sp³-hybridized carbons (Fsp3) is 0.579. The van der Waals surface area contributed by atoms with Crippen molar-refractivity contribution in [2.24, 2.45) is 0 Å². The van der Waals surface area contributed by atoms with E-state index in [2.05, 4.69) is 0 Å². The van der Waals surface area contributed by atoms with Crippen LogP contribution in [0.1, 0.15) is 13.3 Å². The van der Waals surface area contributed by atoms with Crippen LogP contribution in [0.4, 0.5) is 4.79 Å². The van der Waals surface area contributed by atoms with E-state index in [0.29, 0.717) is 25.4 Å². The van der Waals surface area contributed by atoms with Gasteiger partial charge in [0.15, 0.2) is 0 Å². The van der Waals surface area contributed by atoms with Crippen LogP contribution in [-0.4, -0.2) is 89.4 Å². The molecule has 1 heterocycles. The number of benzene rings is 1. The van der Waals surface area contributed by atoms with Crippen LogP contribution in [0.15, 0.2) is 29.2 Å². The van der Waals surface area contributed by atoms with Crippen molar-refractivity contribution in [1.82, 2.24) is 9.21 Å². The number of esters is 1. The van der Waals surface area contributed by atoms with Gasteiger partial charge in [-0.05, 0) is 31.2 Å². The number of sulfonamides is 1. The van der Waals surface area contributed by atoms with E-state index in [1.54, 1.807) is 0 Å². The van der Waals surface area contributed by atoms with Crippen molar-refractivity contribution in [1.29, 1.82) is 0 Å². The van der Waals surface area contributed by atoms with Crippen molar-refractivity contribution >= 4 is 22.1 Å². The highest BCUT2D eigenvalue weighted by Gasteiger charge is 2.42. The number of methoxy groups -OCH3 is 2. The van der Waals surface area contributed by atoms with Crippen LogP contribution in [0.3, 0.4) is 0 Å². The SMILES string of the molecule is CCOCCCOC(=O)N1CCN(S(=O)(=O)c2ccc(OC)cc2)C(C(=O)OC)C1. The Labute approximate surface area is 176 Å². The van der Waals surface area contributed by atoms with Gasteiger partial charge in [0.05, 0.1) is 32.3 Å². The summed E-state index contributed by atoms with van der Waals surface area (Å²) in [4.78, 5) is 26.0. The number of ether oxygens (including phenoxy) is 4. The first kappa shape index (κ1) is 23.9. The van der Waals surface area contributed by atoms with Crippen LogP contribution < -0.4 is 4.74 Å². The summed E-state index contributed by atoms with van der Waals surface area (Å²) in [6.07, 6.45) is -0.0619. The van der Waals surface area contributed by atoms with Crippen LogP contribution in [0.2, 0.25) is 0 Å². The molecule has 1 aromatic carbocycles. The molecule has 1 unspecified atom stereocenters. The van der Waals surface area contributed by atoms with Crippen LogP contribution in [0.25, 0.3) is 0 Å². The predicted octanol–water partition coefficient (Wildman–Crippen LogP) is 1.11. The van der Waals surface area contributed by atoms with Crippen molar-refractivity contribution < 1.29 is 37.0 Å². The number of amides is 1. The van der Waals surface area contributed by atoms with Gasteiger partial charge < -0.3 is 23.8 Å². The van der Waals surface area contributed by atoms with E-state index in [0.717, 1.165) is 4.31 Å². The molecular weight excluding hydrogens is 416 g/mol. The van der Waals surface area contributed by atoms with E-state index in [9.17, 15) is 18.0 Å². The largest absolute Gasteiger partial charge is 0.497 e. The number of carbonyl (C=O) groups is 2. The first-order valence-electron chi connectivity index (χ1n) is 9.58. The molecule has 0 aliphatic carbocycles. The third-order valence-corrected chi connectivity index (χ3v) is 6.51. The molecule has 0 spiro atoms. The zero-order chi connectivity index (χ0) is 22.1. The lowest BCUT2D eigenvalue weighted by Gasteiger charge is -2.38. The molecule has 10 nitrogen and oxygen atoms in total. The second kappa shape index (κ2) is 11.1. The van der Waals surface area contributed by atoms with Crippen LogP contribution in [0.5, 0.6) is 5.75 Å². The molecule has 1 aromatic rings. The molecule has 2 rings (SSSR count). The fourth-order valence-electron chi connectivity index (χ4n) is 2.99. The number of carbonyl (C=O) groups excluding carboxylic acids is 2. The Balaban J connectivity index is 2.10. The van der Waals surface area contributed by atoms with Crippen molar-refractivity contribution in [2.75, 3.05) is 53.7 Å². The minimum absolute atomic E-state index is 0.0177. The topological polar surface area (TPSA) is 112 Å². The smallest absolute Gasteiger partial charge is 0.409 e. The minimum Gasteiger partial charge on any atom is -0.497 e. The Bertz CT molecular complexity index is 812. The summed E-state index contributed by atoms with van der Waals surface area (Å²) in [7, 11) is -1.34. The average molecular weight is 445 g/mol. The molecule has 1 aliphatic rings. The average Bonchev–Trinajstić information content (AvgIpc) is 2.77. The Hall–Kier alpha value is -2.37. The van der Waals surface area contributed by atoms with Gasteiger partial charge >= 0.3 is 12.1 Å². The van der Waals surface area contributed by atoms with E-state index in [4.69, 9.17) is 18.9 Å². The molecule has 1 atom stereocenters. The van der Waals surface area contributed by atoms with Crippen molar-refractivity contribution in [2.45, 2.75) is 24.3 Å². The maximum Gasteiger partial charge on any atom is 0.409 e. The number of rotatable bonds is 9. The standard InChI is InChI=1S/C19H28N2O8S/c1-4-28-12-5-13-29-19(23)20-10-11-21(17(14-20)18(22)27-3)30(24,25)16-8-6-15(26-2)7-9-16/h6-9,17H,4-5,10-14H2,1-3H3. The molecule has 30 heavy (non-hydrogen) atoms. The monoisotopic (exact) mass is 444 g/mol. The molecule has 0 bridgehead atoms. The summed E-state index contributed by atoms with van der Waals surface area (Å²) >= 11 is 0. The summed E-state index contributed by atoms with van der Waals surface area (Å²) in [6, 6.07) is 4.68. The molecule has 0 saturated carbocycles. The number of nitrogens with zero attached hydrogens (tertiary/aromatic N) is 2. The van der Waals surface area contributed by atoms with Crippen molar-refractivity contribution in [3.05, 3.63) is 24.3 Å². The molecule has 1 fully saturated rings. The molecule has 1 aliphatic heterocycles. The zero-order valence-electron chi connectivity index (χ0n) is 17.4. The predicted molar refractivity (Wildman–Crippen MR) is 107 cm³/mol. The normalized spacial score (nSPS) is 17.4. The van der Waals surface area contributed by atoms with E-state index in [-0.39, 0.29) is 31.1 Å². The maximum absolute atomic E-state index is 13.1. The van der Waals surface area contributed by atoms with E-state index in [1.807, 2.05) is 6.92 Å². The van der Waals surface area contributed by atoms with Gasteiger partial charge in [0.1, 0.15) is 11.8 Å². The van der Waals surface area contributed by atoms with Crippen LogP contribution >= 0.6 is 0 Å². The summed E-state index contributed by atoms with van der Waals surface area (Å²) < 4.78 is 47.5. The highest BCUT2D eigenvalue weighted by atomic mass is 32.2. The van der Waals surface area contributed by atoms with Gasteiger partial charge in [-0.1, -0.05) is 0 Å². The van der Waals surface area contributed by atoms with Crippen LogP contribution in [-0.2, 0) is 29.0 Å². The van der Waals surface area contributed by atoms with Gasteiger partial charge in [0, 0.05) is 32.7 Å². The third-order valence-electron chi connectivity index (χ3n) is 4.59. The lowest BCUT2D eigenvalue weighted by Crippen LogP contribution is -2.59. The lowest BCUT2D eigenvalue weighted by atomic mass is 10.2. The quantitative estimate of drug-likeness (QED) is 0.411. The van der Waals surface area contributed by atoms with Crippen molar-refractivity contribution in [3.63, 3.8) is 0 Å². The third kappa shape index (κ3) is 5.83. The molecule has 0 radical (unpaired) electrons. The molecule has 1 amide bonds. The molecule has 1 saturated heterocycles. The summed E-state index contributed by atoms with van der Waals surface area (Å²) in [5.41, 5.74) is 0. The number of hydrogen-bond acceptors (Lipinski definition) is 8. The Kier molecular flexibility index (Phi) is 8.88. The van der Waals surface area contributed by atoms with E-state index < -0.39 is 28.1 Å². The summed E-state index contributed by atoms with van der Waals surface area (Å²) in [6.45, 7) is 2.97. The summed E-state index contributed by atoms with van der Waals surface area (Å²) in [5.74, 6) is -0.240. The first-order chi connectivity index (χ1) is 14.3. The Morgan fingerprint density at radius 3 is 2.40 bits per heavy atom. The zero-order valence-corrected chi connectivity index (χ0v) is 18.2. The van der Waals surface area contributed by atoms with Gasteiger partial charge in [-0.2, -0.15) is 4.31 Å². The highest BCUT2D eigenvalue weighted by Crippen LogP contribution is 2.24. The van der Waals surface area contributed by atoms with E-state index >= 15 is 0 Å². The van der Waals surface area contributed by atoms with Crippen molar-refractivity contribution in [3.8, 4) is 5.75 Å². The Morgan fingerprint density at radius 2 is 1.80 bits per heavy atom. The Morgan fingerprint density at radius 1 is 1.10 bits per heavy atom. The van der Waals surface area contributed by atoms with Gasteiger partial charge in [0.2, 0.25) is 10.0 Å². The molecular formula is C19H28N2O8S. The van der Waals surface area contributed by atoms with Gasteiger partial charge in [-0.25, -0.2) is 13.2 Å². The first-order valence-corrected chi connectivity index (χ1v) is 11.0. The van der Waals surface area contributed by atoms with Crippen LogP contribution in [0, 0.1) is 0 Å². The van der Waals surface area contributed by atoms with Gasteiger partial charge in [-0.15, -0.1) is 0 Å². The highest BCUT2D eigenvalue weighted by molar-refractivity contribution is 7.89. The van der Waals surface area contributed by atoms with E-state index in [1.165, 1.54) is 43.4 Å². The van der Waals surface area contributed by atoms with Gasteiger partial charge in [0.25, 0.3) is 0 Å². The lowest BCUT2D eigenvalue weighted by molar-refractivity contribution is -0.146. The number of piperazine rings is 1. The molecule has 0 N–H and O–H groups in total. The molecule has 168 valence electrons.